The molecular formula is C18H23N. The van der Waals surface area contributed by atoms with Gasteiger partial charge < -0.3 is 0 Å². The predicted molar refractivity (Wildman–Crippen MR) is 86.7 cm³/mol. The van der Waals surface area contributed by atoms with E-state index in [1.807, 2.05) is 33.9 Å². The summed E-state index contributed by atoms with van der Waals surface area (Å²) in [6.07, 6.45) is 1.87. The van der Waals surface area contributed by atoms with E-state index in [0.717, 1.165) is 5.52 Å². The van der Waals surface area contributed by atoms with E-state index in [9.17, 15) is 0 Å². The molecule has 0 amide bonds. The molecule has 0 N–H and O–H groups in total. The minimum absolute atomic E-state index is 1.08. The molecule has 1 heteroatoms. The Morgan fingerprint density at radius 3 is 2.00 bits per heavy atom. The monoisotopic (exact) mass is 253 g/mol. The van der Waals surface area contributed by atoms with Gasteiger partial charge in [-0.2, -0.15) is 0 Å². The largest absolute Gasteiger partial charge is 0.256 e. The van der Waals surface area contributed by atoms with Crippen LogP contribution in [0.4, 0.5) is 0 Å². The van der Waals surface area contributed by atoms with Gasteiger partial charge in [0.05, 0.1) is 5.52 Å². The fourth-order valence-corrected chi connectivity index (χ4v) is 1.97. The van der Waals surface area contributed by atoms with Gasteiger partial charge in [-0.25, -0.2) is 0 Å². The van der Waals surface area contributed by atoms with Gasteiger partial charge in [0, 0.05) is 11.6 Å². The number of nitrogens with zero attached hydrogens (tertiary/aromatic N) is 1. The molecule has 1 aromatic heterocycles. The van der Waals surface area contributed by atoms with Crippen LogP contribution in [0.2, 0.25) is 0 Å². The third kappa shape index (κ3) is 3.31. The van der Waals surface area contributed by atoms with Crippen LogP contribution in [0.3, 0.4) is 0 Å². The van der Waals surface area contributed by atoms with Crippen molar-refractivity contribution < 1.29 is 0 Å². The van der Waals surface area contributed by atoms with Crippen molar-refractivity contribution in [1.82, 2.24) is 4.98 Å². The lowest BCUT2D eigenvalue weighted by molar-refractivity contribution is 1.37. The van der Waals surface area contributed by atoms with E-state index in [1.54, 1.807) is 0 Å². The minimum atomic E-state index is 1.08. The van der Waals surface area contributed by atoms with E-state index in [2.05, 4.69) is 54.4 Å². The third-order valence-electron chi connectivity index (χ3n) is 2.83. The van der Waals surface area contributed by atoms with Gasteiger partial charge in [0.15, 0.2) is 0 Å². The van der Waals surface area contributed by atoms with E-state index < -0.39 is 0 Å². The summed E-state index contributed by atoms with van der Waals surface area (Å²) in [5, 5.41) is 3.78. The van der Waals surface area contributed by atoms with Crippen LogP contribution >= 0.6 is 0 Å². The molecule has 0 saturated carbocycles. The second-order valence-corrected chi connectivity index (χ2v) is 3.84. The highest BCUT2D eigenvalue weighted by Crippen LogP contribution is 2.23. The van der Waals surface area contributed by atoms with Gasteiger partial charge in [0.2, 0.25) is 0 Å². The molecule has 0 fully saturated rings. The molecule has 1 nitrogen and oxygen atoms in total. The standard InChI is InChI=1S/C14H11N.2C2H6/c1-10-6-7-15-14-9-12-5-3-2-4-11(12)8-13(10)14;2*1-2/h2-9H,1H3;2*1-2H3. The lowest BCUT2D eigenvalue weighted by atomic mass is 10.0. The normalized spacial score (nSPS) is 9.32. The summed E-state index contributed by atoms with van der Waals surface area (Å²) < 4.78 is 0. The quantitative estimate of drug-likeness (QED) is 0.465. The van der Waals surface area contributed by atoms with Crippen molar-refractivity contribution in [3.8, 4) is 0 Å². The molecule has 3 rings (SSSR count). The Morgan fingerprint density at radius 1 is 0.789 bits per heavy atom. The van der Waals surface area contributed by atoms with Crippen molar-refractivity contribution in [3.05, 3.63) is 54.2 Å². The molecule has 3 aromatic rings. The Kier molecular flexibility index (Phi) is 6.01. The summed E-state index contributed by atoms with van der Waals surface area (Å²) >= 11 is 0. The topological polar surface area (TPSA) is 12.9 Å². The van der Waals surface area contributed by atoms with Crippen LogP contribution in [0.1, 0.15) is 33.3 Å². The Bertz CT molecular complexity index is 641. The fraction of sp³-hybridized carbons (Fsp3) is 0.278. The Hall–Kier alpha value is -1.89. The predicted octanol–water partition coefficient (Wildman–Crippen LogP) is 5.75. The maximum Gasteiger partial charge on any atom is 0.0711 e. The zero-order valence-electron chi connectivity index (χ0n) is 12.6. The number of hydrogen-bond donors (Lipinski definition) is 0. The van der Waals surface area contributed by atoms with E-state index in [4.69, 9.17) is 0 Å². The first-order chi connectivity index (χ1) is 9.34. The summed E-state index contributed by atoms with van der Waals surface area (Å²) in [4.78, 5) is 4.39. The first-order valence-corrected chi connectivity index (χ1v) is 7.09. The Labute approximate surface area is 116 Å². The zero-order chi connectivity index (χ0) is 14.3. The number of aromatic nitrogens is 1. The van der Waals surface area contributed by atoms with Crippen molar-refractivity contribution >= 4 is 21.7 Å². The van der Waals surface area contributed by atoms with Crippen molar-refractivity contribution in [2.24, 2.45) is 0 Å². The highest BCUT2D eigenvalue weighted by Gasteiger charge is 2.00. The van der Waals surface area contributed by atoms with E-state index in [0.29, 0.717) is 0 Å². The molecule has 0 aliphatic rings. The zero-order valence-corrected chi connectivity index (χ0v) is 12.6. The van der Waals surface area contributed by atoms with Gasteiger partial charge >= 0.3 is 0 Å². The summed E-state index contributed by atoms with van der Waals surface area (Å²) in [6.45, 7) is 10.1. The van der Waals surface area contributed by atoms with Crippen LogP contribution in [0.15, 0.2) is 48.7 Å². The molecular weight excluding hydrogens is 230 g/mol. The lowest BCUT2D eigenvalue weighted by Gasteiger charge is -2.03. The Balaban J connectivity index is 0.000000415. The highest BCUT2D eigenvalue weighted by atomic mass is 14.6. The molecule has 0 spiro atoms. The van der Waals surface area contributed by atoms with E-state index in [-0.39, 0.29) is 0 Å². The maximum absolute atomic E-state index is 4.39. The molecule has 0 radical (unpaired) electrons. The number of hydrogen-bond acceptors (Lipinski definition) is 1. The van der Waals surface area contributed by atoms with Gasteiger partial charge in [-0.15, -0.1) is 0 Å². The van der Waals surface area contributed by atoms with Crippen LogP contribution in [0, 0.1) is 6.92 Å². The van der Waals surface area contributed by atoms with Crippen molar-refractivity contribution in [3.63, 3.8) is 0 Å². The van der Waals surface area contributed by atoms with Crippen LogP contribution in [-0.4, -0.2) is 4.98 Å². The number of pyridine rings is 1. The number of fused-ring (bicyclic) bond motifs is 2. The molecule has 2 aromatic carbocycles. The summed E-state index contributed by atoms with van der Waals surface area (Å²) in [5.74, 6) is 0. The molecule has 0 bridgehead atoms. The summed E-state index contributed by atoms with van der Waals surface area (Å²) in [6, 6.07) is 14.8. The van der Waals surface area contributed by atoms with Gasteiger partial charge in [0.1, 0.15) is 0 Å². The second-order valence-electron chi connectivity index (χ2n) is 3.84. The highest BCUT2D eigenvalue weighted by molar-refractivity contribution is 5.97. The fourth-order valence-electron chi connectivity index (χ4n) is 1.97. The summed E-state index contributed by atoms with van der Waals surface area (Å²) in [7, 11) is 0. The van der Waals surface area contributed by atoms with E-state index >= 15 is 0 Å². The molecule has 19 heavy (non-hydrogen) atoms. The Morgan fingerprint density at radius 2 is 1.37 bits per heavy atom. The molecule has 0 aliphatic carbocycles. The molecule has 0 atom stereocenters. The average Bonchev–Trinajstić information content (AvgIpc) is 2.50. The summed E-state index contributed by atoms with van der Waals surface area (Å²) in [5.41, 5.74) is 2.36. The molecule has 0 aliphatic heterocycles. The van der Waals surface area contributed by atoms with Crippen LogP contribution in [0.5, 0.6) is 0 Å². The molecule has 0 saturated heterocycles. The molecule has 1 heterocycles. The van der Waals surface area contributed by atoms with E-state index in [1.165, 1.54) is 21.7 Å². The lowest BCUT2D eigenvalue weighted by Crippen LogP contribution is -1.82. The second kappa shape index (κ2) is 7.52. The number of rotatable bonds is 0. The van der Waals surface area contributed by atoms with Gasteiger partial charge in [-0.05, 0) is 41.5 Å². The average molecular weight is 253 g/mol. The molecule has 100 valence electrons. The van der Waals surface area contributed by atoms with Gasteiger partial charge in [-0.1, -0.05) is 52.0 Å². The number of benzene rings is 2. The first kappa shape index (κ1) is 15.2. The van der Waals surface area contributed by atoms with Crippen LogP contribution in [-0.2, 0) is 0 Å². The minimum Gasteiger partial charge on any atom is -0.256 e. The van der Waals surface area contributed by atoms with Crippen LogP contribution in [0.25, 0.3) is 21.7 Å². The van der Waals surface area contributed by atoms with Crippen LogP contribution < -0.4 is 0 Å². The van der Waals surface area contributed by atoms with Gasteiger partial charge in [-0.3, -0.25) is 4.98 Å². The third-order valence-corrected chi connectivity index (χ3v) is 2.83. The van der Waals surface area contributed by atoms with Gasteiger partial charge in [0.25, 0.3) is 0 Å². The first-order valence-electron chi connectivity index (χ1n) is 7.09. The smallest absolute Gasteiger partial charge is 0.0711 e. The van der Waals surface area contributed by atoms with Crippen molar-refractivity contribution in [2.45, 2.75) is 34.6 Å². The molecule has 0 unspecified atom stereocenters. The number of aryl methyl sites for hydroxylation is 1. The SMILES string of the molecule is CC.CC.Cc1ccnc2cc3ccccc3cc12. The van der Waals surface area contributed by atoms with Crippen molar-refractivity contribution in [1.29, 1.82) is 0 Å². The van der Waals surface area contributed by atoms with Crippen molar-refractivity contribution in [2.75, 3.05) is 0 Å². The maximum atomic E-state index is 4.39.